The molecule has 0 spiro atoms. The molecule has 0 aromatic heterocycles. The molecule has 1 heterocycles. The topological polar surface area (TPSA) is 3.24 Å². The Kier molecular flexibility index (Phi) is 3.58. The van der Waals surface area contributed by atoms with Crippen molar-refractivity contribution in [2.45, 2.75) is 47.1 Å². The third-order valence-electron chi connectivity index (χ3n) is 3.90. The average molecular weight is 231 g/mol. The molecule has 0 saturated carbocycles. The van der Waals surface area contributed by atoms with Gasteiger partial charge in [0.1, 0.15) is 0 Å². The van der Waals surface area contributed by atoms with Crippen molar-refractivity contribution in [1.82, 2.24) is 4.90 Å². The van der Waals surface area contributed by atoms with E-state index in [1.165, 1.54) is 42.6 Å². The Bertz CT molecular complexity index is 362. The van der Waals surface area contributed by atoms with Crippen LogP contribution >= 0.6 is 0 Å². The summed E-state index contributed by atoms with van der Waals surface area (Å²) in [6.07, 6.45) is 2.66. The minimum atomic E-state index is 0.555. The van der Waals surface area contributed by atoms with Crippen molar-refractivity contribution in [2.24, 2.45) is 5.41 Å². The van der Waals surface area contributed by atoms with Crippen LogP contribution in [0.25, 0.3) is 0 Å². The van der Waals surface area contributed by atoms with Crippen LogP contribution in [0.2, 0.25) is 0 Å². The lowest BCUT2D eigenvalue weighted by Gasteiger charge is -2.37. The molecule has 0 aliphatic carbocycles. The van der Waals surface area contributed by atoms with Crippen molar-refractivity contribution in [3.63, 3.8) is 0 Å². The quantitative estimate of drug-likeness (QED) is 0.745. The van der Waals surface area contributed by atoms with Gasteiger partial charge in [0, 0.05) is 6.54 Å². The minimum Gasteiger partial charge on any atom is -0.299 e. The van der Waals surface area contributed by atoms with Gasteiger partial charge in [-0.2, -0.15) is 0 Å². The number of hydrogen-bond acceptors (Lipinski definition) is 1. The van der Waals surface area contributed by atoms with Gasteiger partial charge in [0.2, 0.25) is 0 Å². The Hall–Kier alpha value is -0.820. The Morgan fingerprint density at radius 3 is 2.06 bits per heavy atom. The SMILES string of the molecule is Cc1cc(C)cc(CN2CCC(C)(C)CC2)c1. The lowest BCUT2D eigenvalue weighted by molar-refractivity contribution is 0.127. The molecule has 0 amide bonds. The third-order valence-corrected chi connectivity index (χ3v) is 3.90. The molecule has 1 saturated heterocycles. The largest absolute Gasteiger partial charge is 0.299 e. The standard InChI is InChI=1S/C16H25N/c1-13-9-14(2)11-15(10-13)12-17-7-5-16(3,4)6-8-17/h9-11H,5-8,12H2,1-4H3. The lowest BCUT2D eigenvalue weighted by Crippen LogP contribution is -2.36. The summed E-state index contributed by atoms with van der Waals surface area (Å²) in [4.78, 5) is 2.60. The van der Waals surface area contributed by atoms with Gasteiger partial charge in [-0.05, 0) is 50.8 Å². The highest BCUT2D eigenvalue weighted by Crippen LogP contribution is 2.30. The van der Waals surface area contributed by atoms with Gasteiger partial charge < -0.3 is 0 Å². The first-order chi connectivity index (χ1) is 7.94. The number of benzene rings is 1. The predicted octanol–water partition coefficient (Wildman–Crippen LogP) is 3.93. The molecule has 0 radical (unpaired) electrons. The highest BCUT2D eigenvalue weighted by atomic mass is 15.1. The molecule has 1 aromatic rings. The average Bonchev–Trinajstić information content (AvgIpc) is 2.20. The van der Waals surface area contributed by atoms with Gasteiger partial charge in [0.25, 0.3) is 0 Å². The Balaban J connectivity index is 1.97. The third kappa shape index (κ3) is 3.57. The zero-order valence-corrected chi connectivity index (χ0v) is 11.7. The fourth-order valence-electron chi connectivity index (χ4n) is 2.73. The monoisotopic (exact) mass is 231 g/mol. The molecule has 94 valence electrons. The second kappa shape index (κ2) is 4.81. The molecular formula is C16H25N. The number of aryl methyl sites for hydroxylation is 2. The highest BCUT2D eigenvalue weighted by molar-refractivity contribution is 5.28. The first-order valence-electron chi connectivity index (χ1n) is 6.74. The zero-order chi connectivity index (χ0) is 12.5. The zero-order valence-electron chi connectivity index (χ0n) is 11.7. The Labute approximate surface area is 106 Å². The van der Waals surface area contributed by atoms with Crippen LogP contribution in [0.4, 0.5) is 0 Å². The first kappa shape index (κ1) is 12.6. The molecule has 0 N–H and O–H groups in total. The van der Waals surface area contributed by atoms with Gasteiger partial charge in [0.05, 0.1) is 0 Å². The first-order valence-corrected chi connectivity index (χ1v) is 6.74. The summed E-state index contributed by atoms with van der Waals surface area (Å²) in [5.74, 6) is 0. The molecule has 1 nitrogen and oxygen atoms in total. The molecule has 0 unspecified atom stereocenters. The highest BCUT2D eigenvalue weighted by Gasteiger charge is 2.25. The van der Waals surface area contributed by atoms with Crippen molar-refractivity contribution < 1.29 is 0 Å². The van der Waals surface area contributed by atoms with Crippen molar-refractivity contribution in [2.75, 3.05) is 13.1 Å². The van der Waals surface area contributed by atoms with Crippen molar-refractivity contribution in [1.29, 1.82) is 0 Å². The summed E-state index contributed by atoms with van der Waals surface area (Å²) in [6.45, 7) is 12.8. The van der Waals surface area contributed by atoms with Crippen LogP contribution in [0.15, 0.2) is 18.2 Å². The summed E-state index contributed by atoms with van der Waals surface area (Å²) in [5, 5.41) is 0. The molecular weight excluding hydrogens is 206 g/mol. The molecule has 1 fully saturated rings. The van der Waals surface area contributed by atoms with E-state index >= 15 is 0 Å². The summed E-state index contributed by atoms with van der Waals surface area (Å²) in [7, 11) is 0. The number of nitrogens with zero attached hydrogens (tertiary/aromatic N) is 1. The van der Waals surface area contributed by atoms with E-state index in [0.717, 1.165) is 6.54 Å². The predicted molar refractivity (Wildman–Crippen MR) is 74.2 cm³/mol. The number of piperidine rings is 1. The van der Waals surface area contributed by atoms with E-state index in [4.69, 9.17) is 0 Å². The number of likely N-dealkylation sites (tertiary alicyclic amines) is 1. The van der Waals surface area contributed by atoms with E-state index in [-0.39, 0.29) is 0 Å². The van der Waals surface area contributed by atoms with Gasteiger partial charge in [-0.3, -0.25) is 4.90 Å². The van der Waals surface area contributed by atoms with Crippen molar-refractivity contribution in [3.8, 4) is 0 Å². The van der Waals surface area contributed by atoms with Crippen LogP contribution in [-0.4, -0.2) is 18.0 Å². The molecule has 1 aliphatic rings. The maximum absolute atomic E-state index is 2.60. The number of hydrogen-bond donors (Lipinski definition) is 0. The van der Waals surface area contributed by atoms with E-state index in [0.29, 0.717) is 5.41 Å². The molecule has 1 aromatic carbocycles. The van der Waals surface area contributed by atoms with Gasteiger partial charge in [-0.25, -0.2) is 0 Å². The second-order valence-corrected chi connectivity index (χ2v) is 6.44. The summed E-state index contributed by atoms with van der Waals surface area (Å²) >= 11 is 0. The van der Waals surface area contributed by atoms with E-state index in [1.54, 1.807) is 0 Å². The van der Waals surface area contributed by atoms with Crippen molar-refractivity contribution in [3.05, 3.63) is 34.9 Å². The van der Waals surface area contributed by atoms with E-state index in [2.05, 4.69) is 50.8 Å². The molecule has 0 bridgehead atoms. The maximum Gasteiger partial charge on any atom is 0.0233 e. The normalized spacial score (nSPS) is 20.5. The summed E-state index contributed by atoms with van der Waals surface area (Å²) < 4.78 is 0. The van der Waals surface area contributed by atoms with Gasteiger partial charge in [-0.15, -0.1) is 0 Å². The fraction of sp³-hybridized carbons (Fsp3) is 0.625. The van der Waals surface area contributed by atoms with Crippen LogP contribution in [-0.2, 0) is 6.54 Å². The minimum absolute atomic E-state index is 0.555. The smallest absolute Gasteiger partial charge is 0.0233 e. The maximum atomic E-state index is 2.60. The van der Waals surface area contributed by atoms with E-state index in [1.807, 2.05) is 0 Å². The lowest BCUT2D eigenvalue weighted by atomic mass is 9.82. The molecule has 17 heavy (non-hydrogen) atoms. The number of rotatable bonds is 2. The van der Waals surface area contributed by atoms with Crippen LogP contribution in [0.3, 0.4) is 0 Å². The van der Waals surface area contributed by atoms with Crippen LogP contribution in [0.5, 0.6) is 0 Å². The van der Waals surface area contributed by atoms with Gasteiger partial charge in [0.15, 0.2) is 0 Å². The molecule has 1 heteroatoms. The fourth-order valence-corrected chi connectivity index (χ4v) is 2.73. The van der Waals surface area contributed by atoms with Gasteiger partial charge in [-0.1, -0.05) is 43.2 Å². The van der Waals surface area contributed by atoms with E-state index in [9.17, 15) is 0 Å². The van der Waals surface area contributed by atoms with Gasteiger partial charge >= 0.3 is 0 Å². The van der Waals surface area contributed by atoms with Crippen LogP contribution in [0, 0.1) is 19.3 Å². The molecule has 2 rings (SSSR count). The van der Waals surface area contributed by atoms with Crippen LogP contribution < -0.4 is 0 Å². The van der Waals surface area contributed by atoms with Crippen molar-refractivity contribution >= 4 is 0 Å². The Morgan fingerprint density at radius 2 is 1.53 bits per heavy atom. The van der Waals surface area contributed by atoms with Crippen LogP contribution in [0.1, 0.15) is 43.4 Å². The molecule has 0 atom stereocenters. The molecule has 1 aliphatic heterocycles. The summed E-state index contributed by atoms with van der Waals surface area (Å²) in [5.41, 5.74) is 4.80. The Morgan fingerprint density at radius 1 is 1.00 bits per heavy atom. The second-order valence-electron chi connectivity index (χ2n) is 6.44. The van der Waals surface area contributed by atoms with E-state index < -0.39 is 0 Å². The summed E-state index contributed by atoms with van der Waals surface area (Å²) in [6, 6.07) is 6.91.